The summed E-state index contributed by atoms with van der Waals surface area (Å²) in [4.78, 5) is 1.28. The molecule has 0 radical (unpaired) electrons. The van der Waals surface area contributed by atoms with Crippen LogP contribution >= 0.6 is 11.3 Å². The lowest BCUT2D eigenvalue weighted by molar-refractivity contribution is 0.586. The number of rotatable bonds is 3. The number of nitrogens with two attached hydrogens (primary N) is 1. The quantitative estimate of drug-likeness (QED) is 0.559. The van der Waals surface area contributed by atoms with Crippen molar-refractivity contribution in [3.63, 3.8) is 0 Å². The number of fused-ring (bicyclic) bond motifs is 1. The van der Waals surface area contributed by atoms with Crippen molar-refractivity contribution in [2.75, 3.05) is 0 Å². The van der Waals surface area contributed by atoms with Gasteiger partial charge in [0.15, 0.2) is 0 Å². The van der Waals surface area contributed by atoms with Crippen LogP contribution in [0.25, 0.3) is 11.0 Å². The Hall–Kier alpha value is -1.62. The maximum absolute atomic E-state index is 5.71. The number of furan rings is 1. The molecule has 3 nitrogen and oxygen atoms in total. The molecule has 0 saturated carbocycles. The second kappa shape index (κ2) is 4.57. The Morgan fingerprint density at radius 3 is 2.89 bits per heavy atom. The molecule has 0 aliphatic carbocycles. The van der Waals surface area contributed by atoms with E-state index in [1.807, 2.05) is 18.2 Å². The average molecular weight is 258 g/mol. The molecule has 0 spiro atoms. The maximum atomic E-state index is 5.71. The molecule has 0 aliphatic rings. The molecule has 3 N–H and O–H groups in total. The first-order chi connectivity index (χ1) is 8.79. The van der Waals surface area contributed by atoms with E-state index in [-0.39, 0.29) is 6.04 Å². The van der Waals surface area contributed by atoms with E-state index in [2.05, 4.69) is 29.9 Å². The number of thiophene rings is 1. The number of hydrogen-bond acceptors (Lipinski definition) is 4. The van der Waals surface area contributed by atoms with Crippen molar-refractivity contribution in [3.8, 4) is 0 Å². The molecule has 92 valence electrons. The van der Waals surface area contributed by atoms with Crippen molar-refractivity contribution < 1.29 is 4.42 Å². The summed E-state index contributed by atoms with van der Waals surface area (Å²) >= 11 is 1.72. The lowest BCUT2D eigenvalue weighted by Gasteiger charge is -2.13. The van der Waals surface area contributed by atoms with Gasteiger partial charge in [0.05, 0.1) is 12.3 Å². The van der Waals surface area contributed by atoms with Gasteiger partial charge in [-0.15, -0.1) is 11.3 Å². The lowest BCUT2D eigenvalue weighted by Crippen LogP contribution is -2.28. The van der Waals surface area contributed by atoms with E-state index >= 15 is 0 Å². The molecular formula is C14H14N2OS. The van der Waals surface area contributed by atoms with Crippen LogP contribution in [0.4, 0.5) is 0 Å². The van der Waals surface area contributed by atoms with E-state index in [9.17, 15) is 0 Å². The van der Waals surface area contributed by atoms with E-state index in [1.165, 1.54) is 10.4 Å². The molecule has 3 aromatic rings. The summed E-state index contributed by atoms with van der Waals surface area (Å²) in [7, 11) is 0. The van der Waals surface area contributed by atoms with Gasteiger partial charge in [0.1, 0.15) is 5.58 Å². The van der Waals surface area contributed by atoms with Gasteiger partial charge in [0.2, 0.25) is 0 Å². The first-order valence-electron chi connectivity index (χ1n) is 5.77. The van der Waals surface area contributed by atoms with E-state index < -0.39 is 0 Å². The number of hydrazine groups is 1. The van der Waals surface area contributed by atoms with Crippen LogP contribution < -0.4 is 11.3 Å². The molecule has 0 fully saturated rings. The standard InChI is InChI=1S/C14H14N2OS/c1-9-6-10(8-18-9)14(16-15)12-7-17-13-5-3-2-4-11(12)13/h2-8,14,16H,15H2,1H3. The maximum Gasteiger partial charge on any atom is 0.134 e. The van der Waals surface area contributed by atoms with Crippen LogP contribution in [0, 0.1) is 6.92 Å². The molecule has 1 atom stereocenters. The van der Waals surface area contributed by atoms with Crippen molar-refractivity contribution in [2.24, 2.45) is 5.84 Å². The predicted molar refractivity (Wildman–Crippen MR) is 74.4 cm³/mol. The Kier molecular flexibility index (Phi) is 2.91. The van der Waals surface area contributed by atoms with Gasteiger partial charge in [-0.05, 0) is 30.0 Å². The van der Waals surface area contributed by atoms with Crippen molar-refractivity contribution >= 4 is 22.3 Å². The van der Waals surface area contributed by atoms with Gasteiger partial charge in [0, 0.05) is 15.8 Å². The molecule has 2 aromatic heterocycles. The van der Waals surface area contributed by atoms with Crippen LogP contribution in [-0.2, 0) is 0 Å². The minimum atomic E-state index is -0.0291. The van der Waals surface area contributed by atoms with Gasteiger partial charge in [0.25, 0.3) is 0 Å². The van der Waals surface area contributed by atoms with Gasteiger partial charge < -0.3 is 4.42 Å². The SMILES string of the molecule is Cc1cc(C(NN)c2coc3ccccc23)cs1. The normalized spacial score (nSPS) is 13.0. The smallest absolute Gasteiger partial charge is 0.134 e. The van der Waals surface area contributed by atoms with E-state index in [0.29, 0.717) is 0 Å². The molecule has 18 heavy (non-hydrogen) atoms. The van der Waals surface area contributed by atoms with Crippen molar-refractivity contribution in [1.29, 1.82) is 0 Å². The summed E-state index contributed by atoms with van der Waals surface area (Å²) in [5.41, 5.74) is 6.01. The minimum absolute atomic E-state index is 0.0291. The first-order valence-corrected chi connectivity index (χ1v) is 6.65. The topological polar surface area (TPSA) is 51.2 Å². The molecule has 4 heteroatoms. The van der Waals surface area contributed by atoms with Crippen LogP contribution in [0.3, 0.4) is 0 Å². The van der Waals surface area contributed by atoms with Crippen LogP contribution in [-0.4, -0.2) is 0 Å². The lowest BCUT2D eigenvalue weighted by atomic mass is 10.0. The zero-order valence-corrected chi connectivity index (χ0v) is 10.8. The van der Waals surface area contributed by atoms with Gasteiger partial charge in [-0.3, -0.25) is 5.84 Å². The number of nitrogens with one attached hydrogen (secondary N) is 1. The molecule has 1 unspecified atom stereocenters. The highest BCUT2D eigenvalue weighted by atomic mass is 32.1. The van der Waals surface area contributed by atoms with E-state index in [0.717, 1.165) is 16.5 Å². The zero-order chi connectivity index (χ0) is 12.5. The Morgan fingerprint density at radius 1 is 1.33 bits per heavy atom. The number of aryl methyl sites for hydroxylation is 1. The highest BCUT2D eigenvalue weighted by Crippen LogP contribution is 2.31. The first kappa shape index (κ1) is 11.5. The molecule has 0 bridgehead atoms. The minimum Gasteiger partial charge on any atom is -0.464 e. The summed E-state index contributed by atoms with van der Waals surface area (Å²) in [5, 5.41) is 3.23. The van der Waals surface area contributed by atoms with Gasteiger partial charge in [-0.2, -0.15) is 0 Å². The second-order valence-corrected chi connectivity index (χ2v) is 5.39. The van der Waals surface area contributed by atoms with Gasteiger partial charge >= 0.3 is 0 Å². The monoisotopic (exact) mass is 258 g/mol. The molecule has 0 amide bonds. The number of hydrogen-bond donors (Lipinski definition) is 2. The highest BCUT2D eigenvalue weighted by molar-refractivity contribution is 7.10. The Bertz CT molecular complexity index is 671. The number of para-hydroxylation sites is 1. The fourth-order valence-electron chi connectivity index (χ4n) is 2.20. The van der Waals surface area contributed by atoms with Crippen molar-refractivity contribution in [2.45, 2.75) is 13.0 Å². The predicted octanol–water partition coefficient (Wildman–Crippen LogP) is 3.36. The highest BCUT2D eigenvalue weighted by Gasteiger charge is 2.18. The van der Waals surface area contributed by atoms with Crippen molar-refractivity contribution in [1.82, 2.24) is 5.43 Å². The van der Waals surface area contributed by atoms with Crippen molar-refractivity contribution in [3.05, 3.63) is 58.0 Å². The Labute approximate surface area is 109 Å². The third-order valence-corrected chi connectivity index (χ3v) is 3.95. The fraction of sp³-hybridized carbons (Fsp3) is 0.143. The van der Waals surface area contributed by atoms with Gasteiger partial charge in [-0.25, -0.2) is 5.43 Å². The van der Waals surface area contributed by atoms with Crippen LogP contribution in [0.1, 0.15) is 22.0 Å². The average Bonchev–Trinajstić information content (AvgIpc) is 2.98. The van der Waals surface area contributed by atoms with E-state index in [1.54, 1.807) is 17.6 Å². The Morgan fingerprint density at radius 2 is 2.17 bits per heavy atom. The molecule has 3 rings (SSSR count). The molecule has 0 saturated heterocycles. The number of benzene rings is 1. The third-order valence-electron chi connectivity index (χ3n) is 3.07. The molecule has 0 aliphatic heterocycles. The third kappa shape index (κ3) is 1.84. The zero-order valence-electron chi connectivity index (χ0n) is 10.0. The second-order valence-electron chi connectivity index (χ2n) is 4.28. The summed E-state index contributed by atoms with van der Waals surface area (Å²) in [5.74, 6) is 5.71. The summed E-state index contributed by atoms with van der Waals surface area (Å²) in [6.45, 7) is 2.09. The fourth-order valence-corrected chi connectivity index (χ4v) is 2.93. The molecule has 1 aromatic carbocycles. The summed E-state index contributed by atoms with van der Waals surface area (Å²) < 4.78 is 5.57. The van der Waals surface area contributed by atoms with Crippen LogP contribution in [0.2, 0.25) is 0 Å². The van der Waals surface area contributed by atoms with Crippen LogP contribution in [0.5, 0.6) is 0 Å². The van der Waals surface area contributed by atoms with E-state index in [4.69, 9.17) is 10.3 Å². The van der Waals surface area contributed by atoms with Gasteiger partial charge in [-0.1, -0.05) is 18.2 Å². The molecular weight excluding hydrogens is 244 g/mol. The summed E-state index contributed by atoms with van der Waals surface area (Å²) in [6, 6.07) is 10.1. The molecule has 2 heterocycles. The Balaban J connectivity index is 2.11. The summed E-state index contributed by atoms with van der Waals surface area (Å²) in [6.07, 6.45) is 1.78. The van der Waals surface area contributed by atoms with Crippen LogP contribution in [0.15, 0.2) is 46.4 Å². The largest absolute Gasteiger partial charge is 0.464 e.